The van der Waals surface area contributed by atoms with Crippen LogP contribution in [0.25, 0.3) is 0 Å². The molecule has 2 rings (SSSR count). The molecule has 0 bridgehead atoms. The van der Waals surface area contributed by atoms with Gasteiger partial charge in [-0.05, 0) is 30.2 Å². The molecule has 0 fully saturated rings. The molecule has 0 amide bonds. The Labute approximate surface area is 116 Å². The number of benzene rings is 1. The molecule has 3 N–H and O–H groups in total. The molecule has 0 aromatic heterocycles. The second-order valence-corrected chi connectivity index (χ2v) is 6.18. The third kappa shape index (κ3) is 3.27. The number of aliphatic hydroxyl groups is 1. The Kier molecular flexibility index (Phi) is 4.26. The third-order valence-corrected chi connectivity index (χ3v) is 4.42. The van der Waals surface area contributed by atoms with E-state index in [4.69, 9.17) is 14.9 Å². The highest BCUT2D eigenvalue weighted by Gasteiger charge is 2.20. The Morgan fingerprint density at radius 2 is 2.20 bits per heavy atom. The number of ether oxygens (including phenoxy) is 1. The van der Waals surface area contributed by atoms with Crippen LogP contribution in [0.1, 0.15) is 12.0 Å². The van der Waals surface area contributed by atoms with Crippen LogP contribution < -0.4 is 9.46 Å². The quantitative estimate of drug-likeness (QED) is 0.667. The van der Waals surface area contributed by atoms with Crippen LogP contribution in [0.15, 0.2) is 23.1 Å². The fraction of sp³-hybridized carbons (Fsp3) is 0.417. The van der Waals surface area contributed by atoms with Gasteiger partial charge < -0.3 is 14.9 Å². The highest BCUT2D eigenvalue weighted by atomic mass is 32.2. The van der Waals surface area contributed by atoms with Crippen LogP contribution in [0.5, 0.6) is 5.75 Å². The zero-order valence-electron chi connectivity index (χ0n) is 10.6. The lowest BCUT2D eigenvalue weighted by atomic mass is 10.2. The number of hydrogen-bond acceptors (Lipinski definition) is 5. The van der Waals surface area contributed by atoms with Gasteiger partial charge in [0.05, 0.1) is 11.5 Å². The molecule has 110 valence electrons. The summed E-state index contributed by atoms with van der Waals surface area (Å²) in [5.41, 5.74) is 0.832. The van der Waals surface area contributed by atoms with E-state index in [2.05, 4.69) is 4.72 Å². The maximum atomic E-state index is 12.0. The van der Waals surface area contributed by atoms with Crippen LogP contribution in [-0.4, -0.2) is 43.9 Å². The van der Waals surface area contributed by atoms with Crippen LogP contribution in [0.2, 0.25) is 0 Å². The van der Waals surface area contributed by atoms with Gasteiger partial charge in [-0.2, -0.15) is 0 Å². The number of aliphatic hydroxyl groups excluding tert-OH is 1. The summed E-state index contributed by atoms with van der Waals surface area (Å²) in [6.07, 6.45) is -1.11. The van der Waals surface area contributed by atoms with Gasteiger partial charge in [-0.3, -0.25) is 0 Å². The first-order valence-corrected chi connectivity index (χ1v) is 7.55. The maximum absolute atomic E-state index is 12.0. The summed E-state index contributed by atoms with van der Waals surface area (Å²) in [4.78, 5) is 10.5. The van der Waals surface area contributed by atoms with Crippen molar-refractivity contribution in [2.45, 2.75) is 23.8 Å². The fourth-order valence-corrected chi connectivity index (χ4v) is 2.96. The summed E-state index contributed by atoms with van der Waals surface area (Å²) in [6.45, 7) is 0.389. The molecule has 0 radical (unpaired) electrons. The van der Waals surface area contributed by atoms with Gasteiger partial charge in [0.2, 0.25) is 10.0 Å². The molecule has 1 heterocycles. The van der Waals surface area contributed by atoms with Crippen LogP contribution in [0.3, 0.4) is 0 Å². The van der Waals surface area contributed by atoms with E-state index in [1.54, 1.807) is 6.07 Å². The zero-order valence-corrected chi connectivity index (χ0v) is 11.4. The molecule has 7 nitrogen and oxygen atoms in total. The van der Waals surface area contributed by atoms with E-state index in [1.807, 2.05) is 0 Å². The van der Waals surface area contributed by atoms with Gasteiger partial charge in [0.25, 0.3) is 0 Å². The molecule has 1 atom stereocenters. The van der Waals surface area contributed by atoms with Gasteiger partial charge >= 0.3 is 5.97 Å². The lowest BCUT2D eigenvalue weighted by molar-refractivity contribution is -0.146. The molecule has 1 unspecified atom stereocenters. The number of sulfonamides is 1. The fourth-order valence-electron chi connectivity index (χ4n) is 1.87. The first-order valence-electron chi connectivity index (χ1n) is 6.06. The zero-order chi connectivity index (χ0) is 14.8. The van der Waals surface area contributed by atoms with Crippen LogP contribution in [0.4, 0.5) is 0 Å². The van der Waals surface area contributed by atoms with Crippen LogP contribution in [0, 0.1) is 0 Å². The van der Waals surface area contributed by atoms with Crippen molar-refractivity contribution >= 4 is 16.0 Å². The van der Waals surface area contributed by atoms with Crippen molar-refractivity contribution < 1.29 is 28.2 Å². The molecule has 1 aromatic carbocycles. The second-order valence-electron chi connectivity index (χ2n) is 4.41. The van der Waals surface area contributed by atoms with Gasteiger partial charge in [0.1, 0.15) is 5.75 Å². The Morgan fingerprint density at radius 1 is 1.45 bits per heavy atom. The third-order valence-electron chi connectivity index (χ3n) is 2.97. The van der Waals surface area contributed by atoms with E-state index in [-0.39, 0.29) is 17.9 Å². The molecule has 8 heteroatoms. The number of carboxylic acids is 1. The minimum Gasteiger partial charge on any atom is -0.493 e. The summed E-state index contributed by atoms with van der Waals surface area (Å²) in [5.74, 6) is -0.691. The number of aliphatic carboxylic acids is 1. The number of hydrogen-bond donors (Lipinski definition) is 3. The van der Waals surface area contributed by atoms with E-state index in [0.717, 1.165) is 5.56 Å². The largest absolute Gasteiger partial charge is 0.493 e. The number of carbonyl (C=O) groups is 1. The molecule has 0 saturated carbocycles. The van der Waals surface area contributed by atoms with Crippen molar-refractivity contribution in [3.63, 3.8) is 0 Å². The summed E-state index contributed by atoms with van der Waals surface area (Å²) in [5, 5.41) is 17.6. The average molecular weight is 301 g/mol. The van der Waals surface area contributed by atoms with E-state index in [1.165, 1.54) is 12.1 Å². The average Bonchev–Trinajstić information content (AvgIpc) is 2.85. The van der Waals surface area contributed by atoms with Crippen molar-refractivity contribution in [2.75, 3.05) is 13.2 Å². The molecular formula is C12H15NO6S. The van der Waals surface area contributed by atoms with Crippen LogP contribution in [-0.2, 0) is 21.2 Å². The molecule has 0 aliphatic carbocycles. The lowest BCUT2D eigenvalue weighted by Gasteiger charge is -2.09. The molecule has 0 spiro atoms. The Bertz CT molecular complexity index is 612. The van der Waals surface area contributed by atoms with Gasteiger partial charge in [-0.15, -0.1) is 0 Å². The topological polar surface area (TPSA) is 113 Å². The van der Waals surface area contributed by atoms with Crippen LogP contribution >= 0.6 is 0 Å². The predicted octanol–water partition coefficient (Wildman–Crippen LogP) is -0.265. The van der Waals surface area contributed by atoms with Gasteiger partial charge in [-0.1, -0.05) is 0 Å². The SMILES string of the molecule is O=C(O)C(O)CCNS(=O)(=O)c1ccc2c(c1)CCO2. The van der Waals surface area contributed by atoms with Crippen molar-refractivity contribution in [3.8, 4) is 5.75 Å². The second kappa shape index (κ2) is 5.78. The summed E-state index contributed by atoms with van der Waals surface area (Å²) in [6, 6.07) is 4.57. The Hall–Kier alpha value is -1.64. The molecule has 1 aliphatic rings. The van der Waals surface area contributed by atoms with Gasteiger partial charge in [0, 0.05) is 13.0 Å². The summed E-state index contributed by atoms with van der Waals surface area (Å²) < 4.78 is 31.6. The van der Waals surface area contributed by atoms with Gasteiger partial charge in [-0.25, -0.2) is 17.9 Å². The highest BCUT2D eigenvalue weighted by molar-refractivity contribution is 7.89. The van der Waals surface area contributed by atoms with Crippen molar-refractivity contribution in [1.82, 2.24) is 4.72 Å². The maximum Gasteiger partial charge on any atom is 0.332 e. The molecule has 1 aliphatic heterocycles. The van der Waals surface area contributed by atoms with E-state index in [9.17, 15) is 13.2 Å². The number of fused-ring (bicyclic) bond motifs is 1. The molecular weight excluding hydrogens is 286 g/mol. The first-order chi connectivity index (χ1) is 9.40. The van der Waals surface area contributed by atoms with E-state index in [0.29, 0.717) is 18.8 Å². The Balaban J connectivity index is 2.02. The minimum absolute atomic E-state index is 0.103. The van der Waals surface area contributed by atoms with Crippen molar-refractivity contribution in [1.29, 1.82) is 0 Å². The number of rotatable bonds is 6. The lowest BCUT2D eigenvalue weighted by Crippen LogP contribution is -2.30. The standard InChI is InChI=1S/C12H15NO6S/c14-10(12(15)16)3-5-13-20(17,18)9-1-2-11-8(7-9)4-6-19-11/h1-2,7,10,13-14H,3-6H2,(H,15,16). The van der Waals surface area contributed by atoms with Gasteiger partial charge in [0.15, 0.2) is 6.10 Å². The smallest absolute Gasteiger partial charge is 0.332 e. The van der Waals surface area contributed by atoms with E-state index < -0.39 is 22.1 Å². The molecule has 0 saturated heterocycles. The van der Waals surface area contributed by atoms with E-state index >= 15 is 0 Å². The monoisotopic (exact) mass is 301 g/mol. The summed E-state index contributed by atoms with van der Waals surface area (Å²) in [7, 11) is -3.71. The molecule has 1 aromatic rings. The normalized spacial score (nSPS) is 15.4. The highest BCUT2D eigenvalue weighted by Crippen LogP contribution is 2.27. The van der Waals surface area contributed by atoms with Crippen molar-refractivity contribution in [2.24, 2.45) is 0 Å². The summed E-state index contributed by atoms with van der Waals surface area (Å²) >= 11 is 0. The molecule has 20 heavy (non-hydrogen) atoms. The Morgan fingerprint density at radius 3 is 2.90 bits per heavy atom. The minimum atomic E-state index is -3.71. The number of nitrogens with one attached hydrogen (secondary N) is 1. The number of carboxylic acid groups (broad SMARTS) is 1. The van der Waals surface area contributed by atoms with Crippen molar-refractivity contribution in [3.05, 3.63) is 23.8 Å². The predicted molar refractivity (Wildman–Crippen MR) is 69.1 cm³/mol. The first kappa shape index (κ1) is 14.8.